The molecule has 3 nitrogen and oxygen atoms in total. The van der Waals surface area contributed by atoms with E-state index >= 15 is 0 Å². The zero-order chi connectivity index (χ0) is 14.7. The van der Waals surface area contributed by atoms with Crippen molar-refractivity contribution >= 4 is 16.6 Å². The highest BCUT2D eigenvalue weighted by molar-refractivity contribution is 6.10. The minimum Gasteiger partial charge on any atom is -0.347 e. The number of carbonyl (C=O) groups excluding carboxylic acids is 1. The van der Waals surface area contributed by atoms with E-state index in [0.29, 0.717) is 25.6 Å². The number of fused-ring (bicyclic) bond motifs is 6. The zero-order valence-electron chi connectivity index (χ0n) is 12.4. The van der Waals surface area contributed by atoms with E-state index in [1.54, 1.807) is 0 Å². The van der Waals surface area contributed by atoms with Gasteiger partial charge in [0.2, 0.25) is 0 Å². The van der Waals surface area contributed by atoms with Crippen LogP contribution in [0.25, 0.3) is 10.8 Å². The van der Waals surface area contributed by atoms with Gasteiger partial charge in [-0.2, -0.15) is 0 Å². The Labute approximate surface area is 129 Å². The predicted molar refractivity (Wildman–Crippen MR) is 83.0 cm³/mol. The van der Waals surface area contributed by atoms with Crippen LogP contribution in [-0.2, 0) is 9.47 Å². The molecule has 3 heteroatoms. The molecule has 2 aliphatic carbocycles. The maximum absolute atomic E-state index is 12.9. The van der Waals surface area contributed by atoms with Gasteiger partial charge < -0.3 is 9.47 Å². The van der Waals surface area contributed by atoms with E-state index in [4.69, 9.17) is 9.47 Å². The highest BCUT2D eigenvalue weighted by Gasteiger charge is 2.56. The van der Waals surface area contributed by atoms with Crippen LogP contribution in [0.2, 0.25) is 0 Å². The summed E-state index contributed by atoms with van der Waals surface area (Å²) in [7, 11) is 0. The smallest absolute Gasteiger partial charge is 0.172 e. The number of rotatable bonds is 0. The lowest BCUT2D eigenvalue weighted by Crippen LogP contribution is -2.39. The van der Waals surface area contributed by atoms with Crippen LogP contribution in [0.1, 0.15) is 41.1 Å². The van der Waals surface area contributed by atoms with E-state index in [0.717, 1.165) is 29.2 Å². The van der Waals surface area contributed by atoms with Crippen molar-refractivity contribution in [2.24, 2.45) is 5.92 Å². The van der Waals surface area contributed by atoms with Gasteiger partial charge in [-0.25, -0.2) is 0 Å². The molecule has 2 fully saturated rings. The van der Waals surface area contributed by atoms with Crippen LogP contribution < -0.4 is 0 Å². The summed E-state index contributed by atoms with van der Waals surface area (Å²) in [6, 6.07) is 12.5. The standard InChI is InChI=1S/C19H18O3/c20-17-11-16-14(7-8-19(16)21-9-10-22-19)15-6-5-12-3-1-2-4-13(12)18(15)17/h1-6,14,16H,7-11H2. The zero-order valence-corrected chi connectivity index (χ0v) is 12.4. The Bertz CT molecular complexity index is 773. The number of ether oxygens (including phenoxy) is 2. The van der Waals surface area contributed by atoms with Crippen LogP contribution in [0, 0.1) is 5.92 Å². The molecule has 2 aromatic carbocycles. The highest BCUT2D eigenvalue weighted by Crippen LogP contribution is 2.55. The SMILES string of the molecule is O=C1CC2C(CCC23OCCO3)c2ccc3ccccc3c21. The quantitative estimate of drug-likeness (QED) is 0.744. The average molecular weight is 294 g/mol. The molecular formula is C19H18O3. The molecule has 1 saturated carbocycles. The third-order valence-electron chi connectivity index (χ3n) is 5.68. The third kappa shape index (κ3) is 1.56. The number of hydrogen-bond donors (Lipinski definition) is 0. The molecule has 1 spiro atoms. The van der Waals surface area contributed by atoms with Gasteiger partial charge >= 0.3 is 0 Å². The molecule has 0 N–H and O–H groups in total. The van der Waals surface area contributed by atoms with Crippen molar-refractivity contribution in [3.63, 3.8) is 0 Å². The molecular weight excluding hydrogens is 276 g/mol. The van der Waals surface area contributed by atoms with Gasteiger partial charge in [-0.1, -0.05) is 36.4 Å². The topological polar surface area (TPSA) is 35.5 Å². The normalized spacial score (nSPS) is 29.0. The van der Waals surface area contributed by atoms with Crippen molar-refractivity contribution in [1.82, 2.24) is 0 Å². The van der Waals surface area contributed by atoms with Crippen molar-refractivity contribution in [3.05, 3.63) is 47.5 Å². The van der Waals surface area contributed by atoms with Crippen LogP contribution >= 0.6 is 0 Å². The average Bonchev–Trinajstić information content (AvgIpc) is 3.16. The number of hydrogen-bond acceptors (Lipinski definition) is 3. The van der Waals surface area contributed by atoms with Gasteiger partial charge in [0, 0.05) is 24.3 Å². The second kappa shape index (κ2) is 4.40. The molecule has 5 rings (SSSR count). The summed E-state index contributed by atoms with van der Waals surface area (Å²) >= 11 is 0. The maximum atomic E-state index is 12.9. The van der Waals surface area contributed by atoms with Crippen LogP contribution in [0.15, 0.2) is 36.4 Å². The summed E-state index contributed by atoms with van der Waals surface area (Å²) in [4.78, 5) is 12.9. The fourth-order valence-electron chi connectivity index (χ4n) is 4.76. The summed E-state index contributed by atoms with van der Waals surface area (Å²) in [5.41, 5.74) is 2.14. The molecule has 1 heterocycles. The van der Waals surface area contributed by atoms with Gasteiger partial charge in [-0.05, 0) is 28.7 Å². The van der Waals surface area contributed by atoms with Crippen LogP contribution in [0.3, 0.4) is 0 Å². The lowest BCUT2D eigenvalue weighted by atomic mass is 9.73. The van der Waals surface area contributed by atoms with Crippen LogP contribution in [-0.4, -0.2) is 24.8 Å². The Kier molecular flexibility index (Phi) is 2.56. The highest BCUT2D eigenvalue weighted by atomic mass is 16.7. The van der Waals surface area contributed by atoms with Gasteiger partial charge in [0.25, 0.3) is 0 Å². The minimum atomic E-state index is -0.496. The molecule has 0 radical (unpaired) electrons. The Balaban J connectivity index is 1.69. The van der Waals surface area contributed by atoms with E-state index in [2.05, 4.69) is 24.3 Å². The van der Waals surface area contributed by atoms with Crippen LogP contribution in [0.4, 0.5) is 0 Å². The van der Waals surface area contributed by atoms with E-state index in [-0.39, 0.29) is 11.7 Å². The van der Waals surface area contributed by atoms with E-state index < -0.39 is 5.79 Å². The van der Waals surface area contributed by atoms with Gasteiger partial charge in [0.15, 0.2) is 11.6 Å². The lowest BCUT2D eigenvalue weighted by Gasteiger charge is -2.35. The Morgan fingerprint density at radius 3 is 2.73 bits per heavy atom. The molecule has 22 heavy (non-hydrogen) atoms. The monoisotopic (exact) mass is 294 g/mol. The molecule has 2 unspecified atom stereocenters. The van der Waals surface area contributed by atoms with E-state index in [1.165, 1.54) is 5.56 Å². The first kappa shape index (κ1) is 12.8. The van der Waals surface area contributed by atoms with Gasteiger partial charge in [0.1, 0.15) is 0 Å². The molecule has 0 bridgehead atoms. The molecule has 0 aromatic heterocycles. The Morgan fingerprint density at radius 1 is 1.05 bits per heavy atom. The molecule has 1 aliphatic heterocycles. The third-order valence-corrected chi connectivity index (χ3v) is 5.68. The molecule has 1 saturated heterocycles. The molecule has 2 atom stereocenters. The first-order chi connectivity index (χ1) is 10.8. The summed E-state index contributed by atoms with van der Waals surface area (Å²) in [6.07, 6.45) is 2.50. The van der Waals surface area contributed by atoms with Gasteiger partial charge in [0.05, 0.1) is 13.2 Å². The molecule has 0 amide bonds. The largest absolute Gasteiger partial charge is 0.347 e. The number of carbonyl (C=O) groups is 1. The second-order valence-corrected chi connectivity index (χ2v) is 6.64. The first-order valence-corrected chi connectivity index (χ1v) is 8.11. The fraction of sp³-hybridized carbons (Fsp3) is 0.421. The van der Waals surface area contributed by atoms with E-state index in [1.807, 2.05) is 12.1 Å². The molecule has 3 aliphatic rings. The van der Waals surface area contributed by atoms with Gasteiger partial charge in [-0.15, -0.1) is 0 Å². The second-order valence-electron chi connectivity index (χ2n) is 6.64. The number of ketones is 1. The maximum Gasteiger partial charge on any atom is 0.172 e. The molecule has 112 valence electrons. The Morgan fingerprint density at radius 2 is 1.86 bits per heavy atom. The molecule has 2 aromatic rings. The van der Waals surface area contributed by atoms with Crippen molar-refractivity contribution < 1.29 is 14.3 Å². The van der Waals surface area contributed by atoms with Crippen molar-refractivity contribution in [3.8, 4) is 0 Å². The Hall–Kier alpha value is -1.71. The van der Waals surface area contributed by atoms with E-state index in [9.17, 15) is 4.79 Å². The fourth-order valence-corrected chi connectivity index (χ4v) is 4.76. The summed E-state index contributed by atoms with van der Waals surface area (Å²) in [5, 5.41) is 2.24. The van der Waals surface area contributed by atoms with Crippen molar-refractivity contribution in [2.45, 2.75) is 31.0 Å². The summed E-state index contributed by atoms with van der Waals surface area (Å²) < 4.78 is 11.9. The van der Waals surface area contributed by atoms with Crippen molar-refractivity contribution in [1.29, 1.82) is 0 Å². The van der Waals surface area contributed by atoms with Crippen LogP contribution in [0.5, 0.6) is 0 Å². The lowest BCUT2D eigenvalue weighted by molar-refractivity contribution is -0.182. The van der Waals surface area contributed by atoms with Crippen molar-refractivity contribution in [2.75, 3.05) is 13.2 Å². The number of benzene rings is 2. The predicted octanol–water partition coefficient (Wildman–Crippen LogP) is 3.66. The van der Waals surface area contributed by atoms with Gasteiger partial charge in [-0.3, -0.25) is 4.79 Å². The number of Topliss-reactive ketones (excluding diaryl/α,β-unsaturated/α-hetero) is 1. The first-order valence-electron chi connectivity index (χ1n) is 8.11. The summed E-state index contributed by atoms with van der Waals surface area (Å²) in [6.45, 7) is 1.31. The minimum absolute atomic E-state index is 0.177. The summed E-state index contributed by atoms with van der Waals surface area (Å²) in [5.74, 6) is 0.309.